The summed E-state index contributed by atoms with van der Waals surface area (Å²) < 4.78 is 9.66. The number of aliphatic hydroxyl groups is 3. The molecule has 0 aromatic carbocycles. The second-order valence-corrected chi connectivity index (χ2v) is 3.33. The van der Waals surface area contributed by atoms with Crippen molar-refractivity contribution in [3.8, 4) is 0 Å². The van der Waals surface area contributed by atoms with Crippen LogP contribution in [0.4, 0.5) is 0 Å². The van der Waals surface area contributed by atoms with Crippen molar-refractivity contribution in [1.82, 2.24) is 0 Å². The fourth-order valence-electron chi connectivity index (χ4n) is 1.30. The van der Waals surface area contributed by atoms with Crippen molar-refractivity contribution >= 4 is 0 Å². The van der Waals surface area contributed by atoms with Gasteiger partial charge in [0.15, 0.2) is 0 Å². The lowest BCUT2D eigenvalue weighted by Crippen LogP contribution is -2.42. The number of hydrogen-bond acceptors (Lipinski definition) is 5. The third kappa shape index (κ3) is 3.89. The number of aliphatic hydroxyl groups excluding tert-OH is 3. The average molecular weight is 208 g/mol. The highest BCUT2D eigenvalue weighted by Crippen LogP contribution is 2.14. The Kier molecular flexibility index (Phi) is 7.04. The minimum Gasteiger partial charge on any atom is -0.394 e. The Balaban J connectivity index is 4.13. The quantitative estimate of drug-likeness (QED) is 0.500. The van der Waals surface area contributed by atoms with Gasteiger partial charge in [0.2, 0.25) is 0 Å². The van der Waals surface area contributed by atoms with E-state index in [2.05, 4.69) is 0 Å². The van der Waals surface area contributed by atoms with Crippen LogP contribution in [0.2, 0.25) is 0 Å². The van der Waals surface area contributed by atoms with Gasteiger partial charge in [-0.05, 0) is 0 Å². The van der Waals surface area contributed by atoms with Crippen molar-refractivity contribution < 1.29 is 24.8 Å². The molecule has 0 amide bonds. The molecule has 0 saturated carbocycles. The summed E-state index contributed by atoms with van der Waals surface area (Å²) >= 11 is 0. The second-order valence-electron chi connectivity index (χ2n) is 3.33. The highest BCUT2D eigenvalue weighted by atomic mass is 16.5. The summed E-state index contributed by atoms with van der Waals surface area (Å²) in [7, 11) is 2.90. The van der Waals surface area contributed by atoms with E-state index in [9.17, 15) is 10.2 Å². The molecule has 0 bridgehead atoms. The maximum Gasteiger partial charge on any atom is 0.103 e. The number of rotatable bonds is 7. The van der Waals surface area contributed by atoms with Gasteiger partial charge in [-0.2, -0.15) is 0 Å². The SMILES string of the molecule is COC[C@@H](O)C(O)C(C)[C@@H](CO)OC. The maximum absolute atomic E-state index is 9.63. The first-order valence-electron chi connectivity index (χ1n) is 4.57. The van der Waals surface area contributed by atoms with Crippen molar-refractivity contribution in [3.63, 3.8) is 0 Å². The van der Waals surface area contributed by atoms with E-state index in [0.717, 1.165) is 0 Å². The summed E-state index contributed by atoms with van der Waals surface area (Å²) in [6.07, 6.45) is -2.40. The molecule has 86 valence electrons. The van der Waals surface area contributed by atoms with Gasteiger partial charge in [0, 0.05) is 20.1 Å². The Bertz CT molecular complexity index is 137. The Morgan fingerprint density at radius 2 is 1.79 bits per heavy atom. The van der Waals surface area contributed by atoms with Crippen LogP contribution in [-0.2, 0) is 9.47 Å². The Hall–Kier alpha value is -0.200. The van der Waals surface area contributed by atoms with Crippen LogP contribution in [0.25, 0.3) is 0 Å². The van der Waals surface area contributed by atoms with Crippen molar-refractivity contribution in [2.24, 2.45) is 5.92 Å². The van der Waals surface area contributed by atoms with Crippen LogP contribution < -0.4 is 0 Å². The molecule has 5 heteroatoms. The van der Waals surface area contributed by atoms with Crippen LogP contribution in [-0.4, -0.2) is 61.1 Å². The lowest BCUT2D eigenvalue weighted by molar-refractivity contribution is -0.0925. The van der Waals surface area contributed by atoms with Gasteiger partial charge in [0.05, 0.1) is 25.4 Å². The van der Waals surface area contributed by atoms with Crippen molar-refractivity contribution in [1.29, 1.82) is 0 Å². The lowest BCUT2D eigenvalue weighted by atomic mass is 9.94. The van der Waals surface area contributed by atoms with Crippen molar-refractivity contribution in [2.75, 3.05) is 27.4 Å². The van der Waals surface area contributed by atoms with Gasteiger partial charge < -0.3 is 24.8 Å². The minimum absolute atomic E-state index is 0.0629. The van der Waals surface area contributed by atoms with Crippen LogP contribution >= 0.6 is 0 Å². The van der Waals surface area contributed by atoms with Crippen LogP contribution in [0.1, 0.15) is 6.92 Å². The fourth-order valence-corrected chi connectivity index (χ4v) is 1.30. The summed E-state index contributed by atoms with van der Waals surface area (Å²) in [6, 6.07) is 0. The first kappa shape index (κ1) is 13.8. The summed E-state index contributed by atoms with van der Waals surface area (Å²) in [4.78, 5) is 0. The number of ether oxygens (including phenoxy) is 2. The molecule has 0 fully saturated rings. The highest BCUT2D eigenvalue weighted by Gasteiger charge is 2.28. The average Bonchev–Trinajstić information content (AvgIpc) is 2.18. The predicted molar refractivity (Wildman–Crippen MR) is 50.9 cm³/mol. The molecule has 0 aliphatic carbocycles. The van der Waals surface area contributed by atoms with E-state index in [-0.39, 0.29) is 19.1 Å². The third-order valence-corrected chi connectivity index (χ3v) is 2.34. The van der Waals surface area contributed by atoms with Crippen molar-refractivity contribution in [3.05, 3.63) is 0 Å². The number of hydrogen-bond donors (Lipinski definition) is 3. The molecule has 0 aromatic rings. The fraction of sp³-hybridized carbons (Fsp3) is 1.00. The lowest BCUT2D eigenvalue weighted by Gasteiger charge is -2.28. The number of methoxy groups -OCH3 is 2. The largest absolute Gasteiger partial charge is 0.394 e. The Labute approximate surface area is 84.3 Å². The first-order chi connectivity index (χ1) is 6.58. The second kappa shape index (κ2) is 7.14. The minimum atomic E-state index is -0.966. The van der Waals surface area contributed by atoms with E-state index in [1.807, 2.05) is 0 Å². The molecule has 0 spiro atoms. The standard InChI is InChI=1S/C9H20O5/c1-6(8(4-10)14-3)9(12)7(11)5-13-2/h6-12H,4-5H2,1-3H3/t6?,7-,8-,9?/m1/s1. The molecule has 3 N–H and O–H groups in total. The molecule has 2 unspecified atom stereocenters. The van der Waals surface area contributed by atoms with Gasteiger partial charge in [0.25, 0.3) is 0 Å². The highest BCUT2D eigenvalue weighted by molar-refractivity contribution is 4.78. The maximum atomic E-state index is 9.63. The van der Waals surface area contributed by atoms with E-state index < -0.39 is 18.3 Å². The summed E-state index contributed by atoms with van der Waals surface area (Å²) in [5.41, 5.74) is 0. The normalized spacial score (nSPS) is 20.1. The van der Waals surface area contributed by atoms with E-state index in [1.54, 1.807) is 6.92 Å². The zero-order chi connectivity index (χ0) is 11.1. The molecule has 0 rings (SSSR count). The van der Waals surface area contributed by atoms with Gasteiger partial charge in [-0.3, -0.25) is 0 Å². The zero-order valence-electron chi connectivity index (χ0n) is 8.88. The van der Waals surface area contributed by atoms with Gasteiger partial charge in [-0.1, -0.05) is 6.92 Å². The van der Waals surface area contributed by atoms with E-state index in [1.165, 1.54) is 14.2 Å². The zero-order valence-corrected chi connectivity index (χ0v) is 8.88. The molecular weight excluding hydrogens is 188 g/mol. The summed E-state index contributed by atoms with van der Waals surface area (Å²) in [5, 5.41) is 28.0. The van der Waals surface area contributed by atoms with Crippen LogP contribution in [0.15, 0.2) is 0 Å². The molecular formula is C9H20O5. The van der Waals surface area contributed by atoms with Crippen LogP contribution in [0.3, 0.4) is 0 Å². The molecule has 5 nitrogen and oxygen atoms in total. The first-order valence-corrected chi connectivity index (χ1v) is 4.57. The van der Waals surface area contributed by atoms with Gasteiger partial charge in [-0.25, -0.2) is 0 Å². The van der Waals surface area contributed by atoms with Crippen LogP contribution in [0.5, 0.6) is 0 Å². The van der Waals surface area contributed by atoms with Gasteiger partial charge in [-0.15, -0.1) is 0 Å². The van der Waals surface area contributed by atoms with Gasteiger partial charge in [0.1, 0.15) is 6.10 Å². The monoisotopic (exact) mass is 208 g/mol. The molecule has 0 aliphatic rings. The Morgan fingerprint density at radius 3 is 2.14 bits per heavy atom. The Morgan fingerprint density at radius 1 is 1.21 bits per heavy atom. The summed E-state index contributed by atoms with van der Waals surface area (Å²) in [5.74, 6) is -0.352. The van der Waals surface area contributed by atoms with E-state index in [4.69, 9.17) is 14.6 Å². The van der Waals surface area contributed by atoms with Crippen LogP contribution in [0, 0.1) is 5.92 Å². The topological polar surface area (TPSA) is 79.2 Å². The smallest absolute Gasteiger partial charge is 0.103 e. The molecule has 0 aromatic heterocycles. The van der Waals surface area contributed by atoms with Crippen molar-refractivity contribution in [2.45, 2.75) is 25.2 Å². The molecule has 0 radical (unpaired) electrons. The molecule has 0 saturated heterocycles. The van der Waals surface area contributed by atoms with Gasteiger partial charge >= 0.3 is 0 Å². The molecule has 14 heavy (non-hydrogen) atoms. The summed E-state index contributed by atoms with van der Waals surface area (Å²) in [6.45, 7) is 1.58. The molecule has 0 heterocycles. The van der Waals surface area contributed by atoms with E-state index >= 15 is 0 Å². The molecule has 4 atom stereocenters. The third-order valence-electron chi connectivity index (χ3n) is 2.34. The molecule has 0 aliphatic heterocycles. The predicted octanol–water partition coefficient (Wildman–Crippen LogP) is -1.00. The van der Waals surface area contributed by atoms with E-state index in [0.29, 0.717) is 0 Å².